The molecule has 2 aromatic heterocycles. The van der Waals surface area contributed by atoms with Crippen molar-refractivity contribution in [2.45, 2.75) is 19.8 Å². The first-order valence-electron chi connectivity index (χ1n) is 15.5. The minimum Gasteiger partial charge on any atom is -0.383 e. The lowest BCUT2D eigenvalue weighted by atomic mass is 9.97. The molecule has 1 aliphatic rings. The van der Waals surface area contributed by atoms with E-state index in [1.165, 1.54) is 6.20 Å². The Morgan fingerprint density at radius 2 is 1.50 bits per heavy atom. The Kier molecular flexibility index (Phi) is 20.5. The Morgan fingerprint density at radius 1 is 0.889 bits per heavy atom. The number of nitroso groups, excluding NO2 is 1. The summed E-state index contributed by atoms with van der Waals surface area (Å²) < 4.78 is 0. The standard InChI is InChI=1S/C21H25N7O.C17H4.HN7O.10H2/c1-28-10-5-14(6-11-28)13-26-20-18(23-8-9-25-20)21(29)27-16-2-3-17-15(12-16)4-7-24-19(17)22;1-3-5-7-9-11-13-15-17-16-14-12-10-8-6-4-2;1-2-3-4-5-6-7-8;;;;;;;;;;/h2-4,7-9,12,14H,5-6,10-11,13H2,1H3,(H2,22,24)(H,25,26)(H,27,29);1H,2H3;1H;10*1H/b;;2-1?,4-3+,6-5+;;;;;;;;;;. The number of benzene rings is 1. The number of nitrogens with two attached hydrogens (primary N) is 1. The fraction of sp³-hybridized carbons (Fsp3) is 0.211. The van der Waals surface area contributed by atoms with E-state index in [1.54, 1.807) is 25.4 Å². The van der Waals surface area contributed by atoms with Crippen LogP contribution in [-0.4, -0.2) is 52.4 Å². The number of aromatic nitrogens is 3. The Morgan fingerprint density at radius 3 is 2.11 bits per heavy atom. The van der Waals surface area contributed by atoms with E-state index < -0.39 is 0 Å². The number of anilines is 3. The number of rotatable bonds is 8. The van der Waals surface area contributed by atoms with Gasteiger partial charge in [-0.1, -0.05) is 5.92 Å². The second-order valence-electron chi connectivity index (χ2n) is 10.0. The van der Waals surface area contributed by atoms with E-state index in [0.717, 1.165) is 43.2 Å². The van der Waals surface area contributed by atoms with Crippen LogP contribution in [0.3, 0.4) is 0 Å². The van der Waals surface area contributed by atoms with Crippen molar-refractivity contribution in [3.05, 3.63) is 53.5 Å². The minimum absolute atomic E-state index is 0. The zero-order valence-electron chi connectivity index (χ0n) is 29.1. The molecule has 54 heavy (non-hydrogen) atoms. The monoisotopic (exact) mass is 734 g/mol. The van der Waals surface area contributed by atoms with Crippen molar-refractivity contribution in [3.63, 3.8) is 0 Å². The van der Waals surface area contributed by atoms with Gasteiger partial charge >= 0.3 is 0 Å². The Hall–Kier alpha value is -8.38. The largest absolute Gasteiger partial charge is 0.383 e. The molecule has 3 aromatic rings. The topological polar surface area (TPSA) is 224 Å². The summed E-state index contributed by atoms with van der Waals surface area (Å²) in [6.07, 6.45) is 11.9. The van der Waals surface area contributed by atoms with Crippen LogP contribution in [0.15, 0.2) is 74.3 Å². The maximum Gasteiger partial charge on any atom is 0.278 e. The molecule has 0 unspecified atom stereocenters. The summed E-state index contributed by atoms with van der Waals surface area (Å²) in [5.41, 5.74) is 12.8. The van der Waals surface area contributed by atoms with Crippen LogP contribution >= 0.6 is 0 Å². The molecule has 1 saturated heterocycles. The number of carbonyl (C=O) groups excluding carboxylic acids is 1. The molecular weight excluding hydrogens is 685 g/mol. The second kappa shape index (κ2) is 26.5. The molecule has 0 atom stereocenters. The molecule has 5 N–H and O–H groups in total. The van der Waals surface area contributed by atoms with E-state index in [0.29, 0.717) is 23.2 Å². The third kappa shape index (κ3) is 17.3. The number of carbonyl (C=O) groups is 1. The molecule has 0 radical (unpaired) electrons. The van der Waals surface area contributed by atoms with Crippen LogP contribution in [0.4, 0.5) is 17.3 Å². The predicted molar refractivity (Wildman–Crippen MR) is 226 cm³/mol. The van der Waals surface area contributed by atoms with Gasteiger partial charge in [-0.25, -0.2) is 15.0 Å². The summed E-state index contributed by atoms with van der Waals surface area (Å²) in [7, 11) is 2.15. The molecular formula is C38H50N14O2. The maximum absolute atomic E-state index is 12.8. The van der Waals surface area contributed by atoms with Crippen LogP contribution in [0.5, 0.6) is 0 Å². The first kappa shape index (κ1) is 41.8. The van der Waals surface area contributed by atoms with Crippen LogP contribution in [0.25, 0.3) is 10.8 Å². The number of hydrogen-bond donors (Lipinski definition) is 4. The van der Waals surface area contributed by atoms with Crippen LogP contribution < -0.4 is 16.4 Å². The molecule has 0 aliphatic carbocycles. The highest BCUT2D eigenvalue weighted by Crippen LogP contribution is 2.23. The van der Waals surface area contributed by atoms with Gasteiger partial charge < -0.3 is 21.3 Å². The van der Waals surface area contributed by atoms with E-state index in [9.17, 15) is 4.79 Å². The Labute approximate surface area is 327 Å². The quantitative estimate of drug-likeness (QED) is 0.0801. The number of pyridine rings is 1. The summed E-state index contributed by atoms with van der Waals surface area (Å²) in [6.45, 7) is 4.69. The number of likely N-dealkylation sites (tertiary alicyclic amines) is 1. The molecule has 16 heteroatoms. The molecule has 4 rings (SSSR count). The maximum atomic E-state index is 12.8. The predicted octanol–water partition coefficient (Wildman–Crippen LogP) is 7.17. The van der Waals surface area contributed by atoms with Crippen molar-refractivity contribution < 1.29 is 19.1 Å². The van der Waals surface area contributed by atoms with Gasteiger partial charge in [0.25, 0.3) is 5.91 Å². The zero-order valence-corrected chi connectivity index (χ0v) is 29.1. The lowest BCUT2D eigenvalue weighted by Gasteiger charge is -2.29. The number of hydrogen-bond acceptors (Lipinski definition) is 9. The smallest absolute Gasteiger partial charge is 0.278 e. The first-order valence-corrected chi connectivity index (χ1v) is 15.5. The van der Waals surface area contributed by atoms with Gasteiger partial charge in [0.05, 0.1) is 0 Å². The average Bonchev–Trinajstić information content (AvgIpc) is 3.19. The van der Waals surface area contributed by atoms with E-state index in [-0.39, 0.29) is 25.9 Å². The molecule has 284 valence electrons. The third-order valence-electron chi connectivity index (χ3n) is 6.51. The first-order chi connectivity index (χ1) is 26.4. The number of fused-ring (bicyclic) bond motifs is 1. The van der Waals surface area contributed by atoms with Crippen LogP contribution in [-0.2, 0) is 0 Å². The van der Waals surface area contributed by atoms with Gasteiger partial charge in [0.15, 0.2) is 11.5 Å². The lowest BCUT2D eigenvalue weighted by molar-refractivity contribution is 0.102. The fourth-order valence-corrected chi connectivity index (χ4v) is 4.12. The van der Waals surface area contributed by atoms with Gasteiger partial charge in [-0.15, -0.1) is 11.3 Å². The SMILES string of the molecule is C#CC#CC#CC#CC#CC#CC#CC#CC.CN1CCC(CNc2nccnc2C(=O)Nc2ccc3c(N)nccc3c2)CC1.N=N/N=N/N=N/N=O.[HH].[HH].[HH].[HH].[HH].[HH].[HH].[HH].[HH].[HH]. The lowest BCUT2D eigenvalue weighted by Crippen LogP contribution is -2.33. The van der Waals surface area contributed by atoms with Crippen LogP contribution in [0.1, 0.15) is 44.5 Å². The van der Waals surface area contributed by atoms with E-state index in [4.69, 9.17) is 22.6 Å². The second-order valence-corrected chi connectivity index (χ2v) is 10.0. The molecule has 1 fully saturated rings. The summed E-state index contributed by atoms with van der Waals surface area (Å²) in [5, 5.41) is 22.9. The summed E-state index contributed by atoms with van der Waals surface area (Å²) in [6, 6.07) is 7.38. The minimum atomic E-state index is -0.301. The van der Waals surface area contributed by atoms with Crippen molar-refractivity contribution in [3.8, 4) is 95.2 Å². The molecule has 1 aliphatic heterocycles. The number of terminal acetylenes is 1. The van der Waals surface area contributed by atoms with E-state index >= 15 is 0 Å². The normalized spacial score (nSPS) is 11.0. The fourth-order valence-electron chi connectivity index (χ4n) is 4.12. The summed E-state index contributed by atoms with van der Waals surface area (Å²) in [4.78, 5) is 36.9. The highest BCUT2D eigenvalue weighted by atomic mass is 16.3. The number of amides is 1. The van der Waals surface area contributed by atoms with Crippen molar-refractivity contribution in [1.29, 1.82) is 5.53 Å². The number of nitrogens with zero attached hydrogens (tertiary/aromatic N) is 10. The van der Waals surface area contributed by atoms with Gasteiger partial charge in [-0.3, -0.25) is 4.79 Å². The van der Waals surface area contributed by atoms with Gasteiger partial charge in [0.2, 0.25) is 0 Å². The molecule has 1 aromatic carbocycles. The summed E-state index contributed by atoms with van der Waals surface area (Å²) >= 11 is 0. The van der Waals surface area contributed by atoms with Gasteiger partial charge in [-0.05, 0) is 174 Å². The number of nitrogens with one attached hydrogen (secondary N) is 3. The molecule has 3 heterocycles. The molecule has 0 saturated carbocycles. The van der Waals surface area contributed by atoms with Gasteiger partial charge in [-0.2, -0.15) is 5.53 Å². The van der Waals surface area contributed by atoms with Crippen molar-refractivity contribution in [1.82, 2.24) is 19.9 Å². The van der Waals surface area contributed by atoms with Gasteiger partial charge in [0, 0.05) is 60.9 Å². The molecule has 16 nitrogen and oxygen atoms in total. The van der Waals surface area contributed by atoms with Crippen LogP contribution in [0, 0.1) is 112 Å². The Bertz CT molecular complexity index is 2370. The zero-order chi connectivity index (χ0) is 39.1. The van der Waals surface area contributed by atoms with Crippen molar-refractivity contribution in [2.24, 2.45) is 37.3 Å². The van der Waals surface area contributed by atoms with E-state index in [1.807, 2.05) is 23.5 Å². The van der Waals surface area contributed by atoms with E-state index in [2.05, 4.69) is 152 Å². The van der Waals surface area contributed by atoms with Gasteiger partial charge in [0.1, 0.15) is 11.1 Å². The summed E-state index contributed by atoms with van der Waals surface area (Å²) in [5.74, 6) is 38.2. The highest BCUT2D eigenvalue weighted by molar-refractivity contribution is 6.07. The number of nitrogen functional groups attached to an aromatic ring is 1. The molecule has 0 spiro atoms. The van der Waals surface area contributed by atoms with Crippen molar-refractivity contribution in [2.75, 3.05) is 43.0 Å². The Balaban J connectivity index is -0.000000108. The third-order valence-corrected chi connectivity index (χ3v) is 6.51. The molecule has 0 bridgehead atoms. The highest BCUT2D eigenvalue weighted by Gasteiger charge is 2.19. The van der Waals surface area contributed by atoms with Crippen molar-refractivity contribution >= 4 is 34.0 Å². The average molecular weight is 735 g/mol. The number of piperidine rings is 1. The molecule has 1 amide bonds. The van der Waals surface area contributed by atoms with Crippen LogP contribution in [0.2, 0.25) is 0 Å².